The number of benzene rings is 1. The number of aryl methyl sites for hydroxylation is 1. The Bertz CT molecular complexity index is 878. The molecule has 0 atom stereocenters. The van der Waals surface area contributed by atoms with Crippen LogP contribution in [0.15, 0.2) is 35.2 Å². The van der Waals surface area contributed by atoms with Crippen molar-refractivity contribution in [3.63, 3.8) is 0 Å². The molecule has 1 aromatic heterocycles. The molecule has 1 aromatic carbocycles. The topological polar surface area (TPSA) is 88.4 Å². The smallest absolute Gasteiger partial charge is 0.335 e. The summed E-state index contributed by atoms with van der Waals surface area (Å²) in [6.07, 6.45) is 2.36. The number of nitrogens with one attached hydrogen (secondary N) is 1. The minimum absolute atomic E-state index is 0.0573. The van der Waals surface area contributed by atoms with E-state index in [1.165, 1.54) is 37.1 Å². The van der Waals surface area contributed by atoms with Crippen molar-refractivity contribution in [3.8, 4) is 0 Å². The van der Waals surface area contributed by atoms with Crippen molar-refractivity contribution in [3.05, 3.63) is 52.8 Å². The molecular formula is C17H20N2O4S. The summed E-state index contributed by atoms with van der Waals surface area (Å²) in [4.78, 5) is 10.9. The molecule has 1 aliphatic carbocycles. The van der Waals surface area contributed by atoms with Crippen LogP contribution < -0.4 is 4.72 Å². The molecule has 128 valence electrons. The summed E-state index contributed by atoms with van der Waals surface area (Å²) in [5, 5.41) is 8.87. The molecule has 0 spiro atoms. The lowest BCUT2D eigenvalue weighted by Crippen LogP contribution is -2.23. The van der Waals surface area contributed by atoms with Crippen molar-refractivity contribution >= 4 is 16.0 Å². The van der Waals surface area contributed by atoms with Gasteiger partial charge in [0.25, 0.3) is 0 Å². The molecule has 2 N–H and O–H groups in total. The summed E-state index contributed by atoms with van der Waals surface area (Å²) < 4.78 is 29.6. The number of aromatic carboxylic acids is 1. The molecule has 2 aromatic rings. The zero-order valence-electron chi connectivity index (χ0n) is 13.6. The fraction of sp³-hybridized carbons (Fsp3) is 0.353. The minimum Gasteiger partial charge on any atom is -0.478 e. The van der Waals surface area contributed by atoms with Crippen LogP contribution in [0.5, 0.6) is 0 Å². The standard InChI is InChI=1S/C17H20N2O4S/c1-11-9-14(12(2)19(11)15-5-6-15)10-18-24(22,23)16-7-3-13(4-8-16)17(20)21/h3-4,7-9,15,18H,5-6,10H2,1-2H3,(H,20,21). The van der Waals surface area contributed by atoms with Crippen LogP contribution in [0, 0.1) is 13.8 Å². The van der Waals surface area contributed by atoms with E-state index in [0.29, 0.717) is 6.04 Å². The van der Waals surface area contributed by atoms with Crippen LogP contribution >= 0.6 is 0 Å². The van der Waals surface area contributed by atoms with Crippen molar-refractivity contribution in [1.29, 1.82) is 0 Å². The van der Waals surface area contributed by atoms with Crippen LogP contribution in [0.2, 0.25) is 0 Å². The molecule has 24 heavy (non-hydrogen) atoms. The number of nitrogens with zero attached hydrogens (tertiary/aromatic N) is 1. The van der Waals surface area contributed by atoms with Crippen molar-refractivity contribution < 1.29 is 18.3 Å². The molecule has 7 heteroatoms. The van der Waals surface area contributed by atoms with Crippen LogP contribution in [-0.2, 0) is 16.6 Å². The summed E-state index contributed by atoms with van der Waals surface area (Å²) in [5.74, 6) is -1.08. The molecule has 0 bridgehead atoms. The Morgan fingerprint density at radius 3 is 2.42 bits per heavy atom. The lowest BCUT2D eigenvalue weighted by atomic mass is 10.2. The average molecular weight is 348 g/mol. The van der Waals surface area contributed by atoms with Gasteiger partial charge in [-0.2, -0.15) is 0 Å². The highest BCUT2D eigenvalue weighted by Gasteiger charge is 2.27. The van der Waals surface area contributed by atoms with Gasteiger partial charge in [0.15, 0.2) is 0 Å². The molecule has 1 heterocycles. The second kappa shape index (κ2) is 6.07. The minimum atomic E-state index is -3.68. The highest BCUT2D eigenvalue weighted by atomic mass is 32.2. The molecule has 0 unspecified atom stereocenters. The van der Waals surface area contributed by atoms with Crippen LogP contribution in [0.25, 0.3) is 0 Å². The quantitative estimate of drug-likeness (QED) is 0.840. The first kappa shape index (κ1) is 16.7. The summed E-state index contributed by atoms with van der Waals surface area (Å²) in [6, 6.07) is 7.76. The van der Waals surface area contributed by atoms with Gasteiger partial charge in [0.05, 0.1) is 10.5 Å². The normalized spacial score (nSPS) is 14.8. The SMILES string of the molecule is Cc1cc(CNS(=O)(=O)c2ccc(C(=O)O)cc2)c(C)n1C1CC1. The summed E-state index contributed by atoms with van der Waals surface area (Å²) in [5.41, 5.74) is 3.26. The zero-order valence-corrected chi connectivity index (χ0v) is 14.4. The van der Waals surface area contributed by atoms with Gasteiger partial charge in [0, 0.05) is 24.0 Å². The van der Waals surface area contributed by atoms with Gasteiger partial charge in [-0.25, -0.2) is 17.9 Å². The first-order valence-electron chi connectivity index (χ1n) is 7.80. The molecule has 1 aliphatic rings. The molecule has 0 radical (unpaired) electrons. The Morgan fingerprint density at radius 2 is 1.88 bits per heavy atom. The Balaban J connectivity index is 1.75. The van der Waals surface area contributed by atoms with Crippen LogP contribution in [0.4, 0.5) is 0 Å². The van der Waals surface area contributed by atoms with Gasteiger partial charge in [-0.1, -0.05) is 0 Å². The number of rotatable bonds is 6. The second-order valence-corrected chi connectivity index (χ2v) is 7.92. The molecule has 0 amide bonds. The fourth-order valence-corrected chi connectivity index (χ4v) is 3.96. The summed E-state index contributed by atoms with van der Waals surface area (Å²) >= 11 is 0. The largest absolute Gasteiger partial charge is 0.478 e. The Kier molecular flexibility index (Phi) is 4.23. The molecule has 1 saturated carbocycles. The van der Waals surface area contributed by atoms with Crippen molar-refractivity contribution in [2.24, 2.45) is 0 Å². The predicted octanol–water partition coefficient (Wildman–Crippen LogP) is 2.62. The summed E-state index contributed by atoms with van der Waals surface area (Å²) in [7, 11) is -3.68. The van der Waals surface area contributed by atoms with E-state index in [2.05, 4.69) is 9.29 Å². The lowest BCUT2D eigenvalue weighted by Gasteiger charge is -2.09. The van der Waals surface area contributed by atoms with Gasteiger partial charge >= 0.3 is 5.97 Å². The van der Waals surface area contributed by atoms with E-state index in [9.17, 15) is 13.2 Å². The maximum Gasteiger partial charge on any atom is 0.335 e. The molecule has 0 saturated heterocycles. The van der Waals surface area contributed by atoms with Gasteiger partial charge in [0.2, 0.25) is 10.0 Å². The van der Waals surface area contributed by atoms with E-state index in [-0.39, 0.29) is 17.0 Å². The highest BCUT2D eigenvalue weighted by molar-refractivity contribution is 7.89. The van der Waals surface area contributed by atoms with E-state index < -0.39 is 16.0 Å². The molecule has 3 rings (SSSR count). The predicted molar refractivity (Wildman–Crippen MR) is 89.6 cm³/mol. The zero-order chi connectivity index (χ0) is 17.5. The van der Waals surface area contributed by atoms with Gasteiger partial charge in [0.1, 0.15) is 0 Å². The second-order valence-electron chi connectivity index (χ2n) is 6.15. The Hall–Kier alpha value is -2.12. The number of carboxylic acids is 1. The number of aromatic nitrogens is 1. The molecule has 6 nitrogen and oxygen atoms in total. The van der Waals surface area contributed by atoms with Crippen molar-refractivity contribution in [1.82, 2.24) is 9.29 Å². The third kappa shape index (κ3) is 3.22. The third-order valence-electron chi connectivity index (χ3n) is 4.37. The fourth-order valence-electron chi connectivity index (χ4n) is 2.95. The van der Waals surface area contributed by atoms with E-state index in [1.54, 1.807) is 0 Å². The number of sulfonamides is 1. The van der Waals surface area contributed by atoms with Gasteiger partial charge < -0.3 is 9.67 Å². The number of hydrogen-bond donors (Lipinski definition) is 2. The van der Waals surface area contributed by atoms with Gasteiger partial charge in [-0.05, 0) is 62.6 Å². The number of carboxylic acid groups (broad SMARTS) is 1. The van der Waals surface area contributed by atoms with E-state index in [1.807, 2.05) is 19.9 Å². The molecule has 0 aliphatic heterocycles. The van der Waals surface area contributed by atoms with Crippen LogP contribution in [0.3, 0.4) is 0 Å². The highest BCUT2D eigenvalue weighted by Crippen LogP contribution is 2.38. The van der Waals surface area contributed by atoms with Crippen LogP contribution in [0.1, 0.15) is 46.2 Å². The van der Waals surface area contributed by atoms with Gasteiger partial charge in [-0.15, -0.1) is 0 Å². The van der Waals surface area contributed by atoms with E-state index in [4.69, 9.17) is 5.11 Å². The monoisotopic (exact) mass is 348 g/mol. The molecular weight excluding hydrogens is 328 g/mol. The number of hydrogen-bond acceptors (Lipinski definition) is 3. The van der Waals surface area contributed by atoms with Crippen LogP contribution in [-0.4, -0.2) is 24.1 Å². The molecule has 1 fully saturated rings. The van der Waals surface area contributed by atoms with E-state index in [0.717, 1.165) is 17.0 Å². The number of carbonyl (C=O) groups is 1. The average Bonchev–Trinajstić information content (AvgIpc) is 3.32. The van der Waals surface area contributed by atoms with E-state index >= 15 is 0 Å². The Labute approximate surface area is 141 Å². The Morgan fingerprint density at radius 1 is 1.25 bits per heavy atom. The summed E-state index contributed by atoms with van der Waals surface area (Å²) in [6.45, 7) is 4.26. The first-order chi connectivity index (χ1) is 11.3. The third-order valence-corrected chi connectivity index (χ3v) is 5.78. The maximum atomic E-state index is 12.4. The lowest BCUT2D eigenvalue weighted by molar-refractivity contribution is 0.0696. The maximum absolute atomic E-state index is 12.4. The van der Waals surface area contributed by atoms with Crippen molar-refractivity contribution in [2.75, 3.05) is 0 Å². The van der Waals surface area contributed by atoms with Gasteiger partial charge in [-0.3, -0.25) is 0 Å². The van der Waals surface area contributed by atoms with Crippen molar-refractivity contribution in [2.45, 2.75) is 44.2 Å². The first-order valence-corrected chi connectivity index (χ1v) is 9.28.